The van der Waals surface area contributed by atoms with E-state index < -0.39 is 11.5 Å². The van der Waals surface area contributed by atoms with Crippen LogP contribution in [0, 0.1) is 20.8 Å². The van der Waals surface area contributed by atoms with Gasteiger partial charge in [-0.1, -0.05) is 17.7 Å². The van der Waals surface area contributed by atoms with Crippen LogP contribution in [-0.2, 0) is 5.54 Å². The lowest BCUT2D eigenvalue weighted by Crippen LogP contribution is -2.56. The Labute approximate surface area is 94.7 Å². The lowest BCUT2D eigenvalue weighted by Gasteiger charge is -2.46. The Kier molecular flexibility index (Phi) is 2.35. The largest absolute Gasteiger partial charge is 0.321 e. The molecular weight excluding hydrogens is 208 g/mol. The van der Waals surface area contributed by atoms with Gasteiger partial charge < -0.3 is 5.73 Å². The topological polar surface area (TPSA) is 26.0 Å². The monoisotopic (exact) mass is 225 g/mol. The van der Waals surface area contributed by atoms with E-state index in [4.69, 9.17) is 5.73 Å². The first-order valence-electron chi connectivity index (χ1n) is 5.49. The van der Waals surface area contributed by atoms with E-state index in [1.165, 1.54) is 0 Å². The molecule has 16 heavy (non-hydrogen) atoms. The lowest BCUT2D eigenvalue weighted by atomic mass is 9.67. The summed E-state index contributed by atoms with van der Waals surface area (Å²) in [4.78, 5) is 0. The van der Waals surface area contributed by atoms with Gasteiger partial charge in [0.1, 0.15) is 0 Å². The van der Waals surface area contributed by atoms with E-state index in [0.29, 0.717) is 0 Å². The van der Waals surface area contributed by atoms with Gasteiger partial charge in [0.15, 0.2) is 0 Å². The molecule has 1 aromatic rings. The highest BCUT2D eigenvalue weighted by Crippen LogP contribution is 2.51. The predicted molar refractivity (Wildman–Crippen MR) is 60.7 cm³/mol. The molecule has 1 aliphatic carbocycles. The van der Waals surface area contributed by atoms with Crippen molar-refractivity contribution in [3.8, 4) is 0 Å². The maximum atomic E-state index is 13.0. The number of nitrogens with two attached hydrogens (primary N) is 1. The number of halogens is 2. The summed E-state index contributed by atoms with van der Waals surface area (Å²) in [6.45, 7) is 5.89. The molecule has 2 N–H and O–H groups in total. The number of hydrogen-bond acceptors (Lipinski definition) is 1. The number of benzene rings is 1. The molecule has 0 amide bonds. The smallest absolute Gasteiger partial charge is 0.252 e. The number of alkyl halides is 2. The Morgan fingerprint density at radius 3 is 1.88 bits per heavy atom. The van der Waals surface area contributed by atoms with Crippen molar-refractivity contribution < 1.29 is 8.78 Å². The van der Waals surface area contributed by atoms with E-state index in [1.807, 2.05) is 32.9 Å². The first-order chi connectivity index (χ1) is 7.23. The summed E-state index contributed by atoms with van der Waals surface area (Å²) in [6.07, 6.45) is -0.463. The molecule has 1 saturated carbocycles. The highest BCUT2D eigenvalue weighted by atomic mass is 19.3. The molecule has 0 radical (unpaired) electrons. The second-order valence-electron chi connectivity index (χ2n) is 5.14. The van der Waals surface area contributed by atoms with Crippen molar-refractivity contribution in [1.29, 1.82) is 0 Å². The van der Waals surface area contributed by atoms with Crippen LogP contribution in [0.25, 0.3) is 0 Å². The van der Waals surface area contributed by atoms with Gasteiger partial charge in [0, 0.05) is 12.8 Å². The van der Waals surface area contributed by atoms with Gasteiger partial charge in [-0.3, -0.25) is 0 Å². The predicted octanol–water partition coefficient (Wildman–Crippen LogP) is 3.19. The third-order valence-corrected chi connectivity index (χ3v) is 3.32. The average molecular weight is 225 g/mol. The third kappa shape index (κ3) is 1.73. The molecule has 1 aliphatic rings. The number of hydrogen-bond donors (Lipinski definition) is 1. The van der Waals surface area contributed by atoms with Crippen molar-refractivity contribution in [3.63, 3.8) is 0 Å². The molecule has 0 heterocycles. The van der Waals surface area contributed by atoms with Crippen LogP contribution in [0.2, 0.25) is 0 Å². The first kappa shape index (κ1) is 11.5. The van der Waals surface area contributed by atoms with Gasteiger partial charge >= 0.3 is 0 Å². The van der Waals surface area contributed by atoms with Crippen LogP contribution in [0.5, 0.6) is 0 Å². The molecular formula is C13H17F2N. The molecule has 0 bridgehead atoms. The van der Waals surface area contributed by atoms with Crippen molar-refractivity contribution >= 4 is 0 Å². The molecule has 1 nitrogen and oxygen atoms in total. The maximum absolute atomic E-state index is 13.0. The molecule has 0 aromatic heterocycles. The molecule has 0 atom stereocenters. The zero-order chi connectivity index (χ0) is 12.1. The van der Waals surface area contributed by atoms with E-state index >= 15 is 0 Å². The molecule has 0 unspecified atom stereocenters. The summed E-state index contributed by atoms with van der Waals surface area (Å²) < 4.78 is 26.0. The molecule has 3 heteroatoms. The van der Waals surface area contributed by atoms with Gasteiger partial charge in [0.2, 0.25) is 0 Å². The Morgan fingerprint density at radius 1 is 1.06 bits per heavy atom. The second-order valence-corrected chi connectivity index (χ2v) is 5.14. The minimum Gasteiger partial charge on any atom is -0.321 e. The summed E-state index contributed by atoms with van der Waals surface area (Å²) in [7, 11) is 0. The Balaban J connectivity index is 2.43. The molecule has 1 aromatic carbocycles. The van der Waals surface area contributed by atoms with Crippen molar-refractivity contribution in [2.24, 2.45) is 5.73 Å². The SMILES string of the molecule is Cc1cc(C)c(C2(N)CC(F)(F)C2)c(C)c1. The minimum absolute atomic E-state index is 0.231. The average Bonchev–Trinajstić information content (AvgIpc) is 1.95. The first-order valence-corrected chi connectivity index (χ1v) is 5.49. The van der Waals surface area contributed by atoms with Crippen LogP contribution in [0.4, 0.5) is 8.78 Å². The zero-order valence-corrected chi connectivity index (χ0v) is 9.90. The van der Waals surface area contributed by atoms with Crippen molar-refractivity contribution in [2.75, 3.05) is 0 Å². The standard InChI is InChI=1S/C13H17F2N/c1-8-4-9(2)11(10(3)5-8)12(16)6-13(14,15)7-12/h4-5H,6-7,16H2,1-3H3. The van der Waals surface area contributed by atoms with E-state index in [2.05, 4.69) is 0 Å². The lowest BCUT2D eigenvalue weighted by molar-refractivity contribution is -0.125. The van der Waals surface area contributed by atoms with Gasteiger partial charge in [-0.25, -0.2) is 8.78 Å². The molecule has 0 saturated heterocycles. The fourth-order valence-corrected chi connectivity index (χ4v) is 3.01. The fraction of sp³-hybridized carbons (Fsp3) is 0.538. The van der Waals surface area contributed by atoms with Crippen molar-refractivity contribution in [3.05, 3.63) is 34.4 Å². The van der Waals surface area contributed by atoms with E-state index in [1.54, 1.807) is 0 Å². The highest BCUT2D eigenvalue weighted by Gasteiger charge is 2.55. The van der Waals surface area contributed by atoms with Gasteiger partial charge in [-0.15, -0.1) is 0 Å². The number of rotatable bonds is 1. The van der Waals surface area contributed by atoms with Crippen LogP contribution < -0.4 is 5.73 Å². The summed E-state index contributed by atoms with van der Waals surface area (Å²) in [5.41, 5.74) is 9.34. The maximum Gasteiger partial charge on any atom is 0.252 e. The molecule has 0 aliphatic heterocycles. The summed E-state index contributed by atoms with van der Waals surface area (Å²) in [6, 6.07) is 4.01. The Bertz CT molecular complexity index is 407. The molecule has 88 valence electrons. The van der Waals surface area contributed by atoms with Crippen molar-refractivity contribution in [1.82, 2.24) is 0 Å². The Hall–Kier alpha value is -0.960. The van der Waals surface area contributed by atoms with Crippen LogP contribution in [0.15, 0.2) is 12.1 Å². The van der Waals surface area contributed by atoms with E-state index in [-0.39, 0.29) is 12.8 Å². The molecule has 1 fully saturated rings. The minimum atomic E-state index is -2.58. The van der Waals surface area contributed by atoms with Crippen LogP contribution in [0.1, 0.15) is 35.1 Å². The summed E-state index contributed by atoms with van der Waals surface area (Å²) >= 11 is 0. The Morgan fingerprint density at radius 2 is 1.50 bits per heavy atom. The van der Waals surface area contributed by atoms with Crippen LogP contribution >= 0.6 is 0 Å². The van der Waals surface area contributed by atoms with Gasteiger partial charge in [0.25, 0.3) is 5.92 Å². The quantitative estimate of drug-likeness (QED) is 0.780. The van der Waals surface area contributed by atoms with Gasteiger partial charge in [0.05, 0.1) is 5.54 Å². The normalized spacial score (nSPS) is 21.6. The van der Waals surface area contributed by atoms with E-state index in [9.17, 15) is 8.78 Å². The van der Waals surface area contributed by atoms with Crippen molar-refractivity contribution in [2.45, 2.75) is 45.1 Å². The molecule has 2 rings (SSSR count). The second kappa shape index (κ2) is 3.27. The van der Waals surface area contributed by atoms with Crippen LogP contribution in [-0.4, -0.2) is 5.92 Å². The van der Waals surface area contributed by atoms with Gasteiger partial charge in [-0.2, -0.15) is 0 Å². The number of aryl methyl sites for hydroxylation is 3. The van der Waals surface area contributed by atoms with E-state index in [0.717, 1.165) is 22.3 Å². The zero-order valence-electron chi connectivity index (χ0n) is 9.90. The molecule has 0 spiro atoms. The third-order valence-electron chi connectivity index (χ3n) is 3.32. The highest BCUT2D eigenvalue weighted by molar-refractivity contribution is 5.44. The summed E-state index contributed by atoms with van der Waals surface area (Å²) in [5.74, 6) is -2.58. The van der Waals surface area contributed by atoms with Gasteiger partial charge in [-0.05, 0) is 37.5 Å². The fourth-order valence-electron chi connectivity index (χ4n) is 3.01. The van der Waals surface area contributed by atoms with Crippen LogP contribution in [0.3, 0.4) is 0 Å². The summed E-state index contributed by atoms with van der Waals surface area (Å²) in [5, 5.41) is 0.